The molecule has 25 heavy (non-hydrogen) atoms. The molecule has 2 aromatic heterocycles. The highest BCUT2D eigenvalue weighted by Gasteiger charge is 2.14. The number of anilines is 1. The van der Waals surface area contributed by atoms with Crippen LogP contribution >= 0.6 is 0 Å². The van der Waals surface area contributed by atoms with Gasteiger partial charge in [-0.15, -0.1) is 0 Å². The van der Waals surface area contributed by atoms with Gasteiger partial charge >= 0.3 is 0 Å². The first-order chi connectivity index (χ1) is 12.0. The molecule has 0 aliphatic carbocycles. The van der Waals surface area contributed by atoms with Crippen molar-refractivity contribution in [3.8, 4) is 11.4 Å². The Kier molecular flexibility index (Phi) is 4.70. The number of imidazole rings is 1. The Morgan fingerprint density at radius 1 is 1.28 bits per heavy atom. The van der Waals surface area contributed by atoms with E-state index in [0.29, 0.717) is 6.42 Å². The van der Waals surface area contributed by atoms with Crippen LogP contribution in [0.4, 0.5) is 5.69 Å². The van der Waals surface area contributed by atoms with Crippen molar-refractivity contribution < 1.29 is 4.79 Å². The van der Waals surface area contributed by atoms with Crippen molar-refractivity contribution >= 4 is 11.6 Å². The average molecular weight is 337 g/mol. The van der Waals surface area contributed by atoms with Crippen LogP contribution < -0.4 is 5.32 Å². The number of aryl methyl sites for hydroxylation is 3. The third-order valence-electron chi connectivity index (χ3n) is 4.29. The second kappa shape index (κ2) is 6.93. The monoisotopic (exact) mass is 337 g/mol. The van der Waals surface area contributed by atoms with E-state index in [1.54, 1.807) is 6.20 Å². The zero-order chi connectivity index (χ0) is 18.0. The first-order valence-electron chi connectivity index (χ1n) is 8.42. The SMILES string of the molecule is CCn1nc(C)c(CC(=O)Nc2cccc(-c3ncc(C)[nH]3)c2)c1C. The number of hydrogen-bond acceptors (Lipinski definition) is 3. The van der Waals surface area contributed by atoms with Gasteiger partial charge in [-0.05, 0) is 39.8 Å². The van der Waals surface area contributed by atoms with E-state index >= 15 is 0 Å². The van der Waals surface area contributed by atoms with Gasteiger partial charge < -0.3 is 10.3 Å². The number of hydrogen-bond donors (Lipinski definition) is 2. The lowest BCUT2D eigenvalue weighted by Crippen LogP contribution is -2.15. The van der Waals surface area contributed by atoms with E-state index in [-0.39, 0.29) is 5.91 Å². The fourth-order valence-corrected chi connectivity index (χ4v) is 2.97. The molecule has 0 aliphatic heterocycles. The summed E-state index contributed by atoms with van der Waals surface area (Å²) < 4.78 is 1.93. The van der Waals surface area contributed by atoms with E-state index in [9.17, 15) is 4.79 Å². The molecular weight excluding hydrogens is 314 g/mol. The van der Waals surface area contributed by atoms with Gasteiger partial charge in [-0.3, -0.25) is 9.48 Å². The molecule has 0 spiro atoms. The van der Waals surface area contributed by atoms with Crippen LogP contribution in [0.15, 0.2) is 30.5 Å². The molecule has 0 aliphatic rings. The topological polar surface area (TPSA) is 75.6 Å². The zero-order valence-electron chi connectivity index (χ0n) is 15.1. The Balaban J connectivity index is 1.74. The van der Waals surface area contributed by atoms with Gasteiger partial charge in [0.15, 0.2) is 0 Å². The predicted octanol–water partition coefficient (Wildman–Crippen LogP) is 3.40. The second-order valence-corrected chi connectivity index (χ2v) is 6.19. The third kappa shape index (κ3) is 3.63. The molecule has 0 atom stereocenters. The molecule has 0 unspecified atom stereocenters. The minimum Gasteiger partial charge on any atom is -0.342 e. The Morgan fingerprint density at radius 3 is 2.72 bits per heavy atom. The molecule has 6 nitrogen and oxygen atoms in total. The van der Waals surface area contributed by atoms with Crippen molar-refractivity contribution in [3.63, 3.8) is 0 Å². The van der Waals surface area contributed by atoms with Crippen LogP contribution in [0.1, 0.15) is 29.6 Å². The van der Waals surface area contributed by atoms with E-state index in [0.717, 1.165) is 46.3 Å². The van der Waals surface area contributed by atoms with Crippen LogP contribution in [0.5, 0.6) is 0 Å². The highest BCUT2D eigenvalue weighted by atomic mass is 16.1. The minimum atomic E-state index is -0.0466. The molecular formula is C19H23N5O. The standard InChI is InChI=1S/C19H23N5O/c1-5-24-14(4)17(13(3)23-24)10-18(25)22-16-8-6-7-15(9-16)19-20-11-12(2)21-19/h6-9,11H,5,10H2,1-4H3,(H,20,21)(H,22,25). The van der Waals surface area contributed by atoms with E-state index in [2.05, 4.69) is 20.4 Å². The summed E-state index contributed by atoms with van der Waals surface area (Å²) in [5.74, 6) is 0.749. The molecule has 6 heteroatoms. The molecule has 1 amide bonds. The Labute approximate surface area is 147 Å². The summed E-state index contributed by atoms with van der Waals surface area (Å²) in [6.45, 7) is 8.76. The van der Waals surface area contributed by atoms with Crippen molar-refractivity contribution in [2.75, 3.05) is 5.32 Å². The zero-order valence-corrected chi connectivity index (χ0v) is 15.1. The molecule has 130 valence electrons. The lowest BCUT2D eigenvalue weighted by Gasteiger charge is -2.07. The molecule has 0 fully saturated rings. The van der Waals surface area contributed by atoms with Crippen molar-refractivity contribution in [2.45, 2.75) is 40.7 Å². The van der Waals surface area contributed by atoms with Crippen LogP contribution in [-0.2, 0) is 17.8 Å². The van der Waals surface area contributed by atoms with Gasteiger partial charge in [-0.2, -0.15) is 5.10 Å². The molecule has 0 bridgehead atoms. The Hall–Kier alpha value is -2.89. The van der Waals surface area contributed by atoms with Gasteiger partial charge in [0, 0.05) is 40.9 Å². The molecule has 0 saturated heterocycles. The maximum atomic E-state index is 12.5. The summed E-state index contributed by atoms with van der Waals surface area (Å²) in [6, 6.07) is 7.68. The smallest absolute Gasteiger partial charge is 0.228 e. The quantitative estimate of drug-likeness (QED) is 0.749. The number of aromatic amines is 1. The van der Waals surface area contributed by atoms with Gasteiger partial charge in [0.1, 0.15) is 5.82 Å². The third-order valence-corrected chi connectivity index (χ3v) is 4.29. The summed E-state index contributed by atoms with van der Waals surface area (Å²) in [5.41, 5.74) is 5.66. The van der Waals surface area contributed by atoms with Gasteiger partial charge in [0.05, 0.1) is 12.1 Å². The number of amides is 1. The molecule has 3 rings (SSSR count). The number of aromatic nitrogens is 4. The first kappa shape index (κ1) is 17.0. The minimum absolute atomic E-state index is 0.0466. The van der Waals surface area contributed by atoms with E-state index in [1.807, 2.05) is 56.6 Å². The number of rotatable bonds is 5. The van der Waals surface area contributed by atoms with Crippen molar-refractivity contribution in [2.24, 2.45) is 0 Å². The summed E-state index contributed by atoms with van der Waals surface area (Å²) in [7, 11) is 0. The van der Waals surface area contributed by atoms with Crippen molar-refractivity contribution in [3.05, 3.63) is 53.1 Å². The lowest BCUT2D eigenvalue weighted by molar-refractivity contribution is -0.115. The fourth-order valence-electron chi connectivity index (χ4n) is 2.97. The lowest BCUT2D eigenvalue weighted by atomic mass is 10.1. The molecule has 3 aromatic rings. The fraction of sp³-hybridized carbons (Fsp3) is 0.316. The van der Waals surface area contributed by atoms with E-state index in [1.165, 1.54) is 0 Å². The molecule has 2 N–H and O–H groups in total. The summed E-state index contributed by atoms with van der Waals surface area (Å²) in [4.78, 5) is 20.0. The number of nitrogens with zero attached hydrogens (tertiary/aromatic N) is 3. The summed E-state index contributed by atoms with van der Waals surface area (Å²) >= 11 is 0. The average Bonchev–Trinajstić information content (AvgIpc) is 3.13. The summed E-state index contributed by atoms with van der Waals surface area (Å²) in [6.07, 6.45) is 2.11. The Bertz CT molecular complexity index is 906. The first-order valence-corrected chi connectivity index (χ1v) is 8.42. The number of carbonyl (C=O) groups excluding carboxylic acids is 1. The largest absolute Gasteiger partial charge is 0.342 e. The van der Waals surface area contributed by atoms with Crippen LogP contribution in [0.2, 0.25) is 0 Å². The van der Waals surface area contributed by atoms with Crippen LogP contribution in [-0.4, -0.2) is 25.7 Å². The van der Waals surface area contributed by atoms with Gasteiger partial charge in [0.2, 0.25) is 5.91 Å². The number of carbonyl (C=O) groups is 1. The Morgan fingerprint density at radius 2 is 2.08 bits per heavy atom. The molecule has 0 saturated carbocycles. The number of H-pyrrole nitrogens is 1. The second-order valence-electron chi connectivity index (χ2n) is 6.19. The van der Waals surface area contributed by atoms with Gasteiger partial charge in [-0.25, -0.2) is 4.98 Å². The van der Waals surface area contributed by atoms with Gasteiger partial charge in [0.25, 0.3) is 0 Å². The highest BCUT2D eigenvalue weighted by molar-refractivity contribution is 5.93. The molecule has 0 radical (unpaired) electrons. The van der Waals surface area contributed by atoms with Crippen LogP contribution in [0.3, 0.4) is 0 Å². The van der Waals surface area contributed by atoms with Crippen LogP contribution in [0, 0.1) is 20.8 Å². The van der Waals surface area contributed by atoms with Gasteiger partial charge in [-0.1, -0.05) is 12.1 Å². The molecule has 2 heterocycles. The maximum Gasteiger partial charge on any atom is 0.228 e. The van der Waals surface area contributed by atoms with Crippen LogP contribution in [0.25, 0.3) is 11.4 Å². The summed E-state index contributed by atoms with van der Waals surface area (Å²) in [5, 5.41) is 7.44. The molecule has 1 aromatic carbocycles. The maximum absolute atomic E-state index is 12.5. The van der Waals surface area contributed by atoms with E-state index in [4.69, 9.17) is 0 Å². The van der Waals surface area contributed by atoms with E-state index < -0.39 is 0 Å². The predicted molar refractivity (Wildman–Crippen MR) is 98.5 cm³/mol. The number of nitrogens with one attached hydrogen (secondary N) is 2. The van der Waals surface area contributed by atoms with Crippen molar-refractivity contribution in [1.82, 2.24) is 19.7 Å². The highest BCUT2D eigenvalue weighted by Crippen LogP contribution is 2.21. The number of benzene rings is 1. The normalized spacial score (nSPS) is 10.9. The van der Waals surface area contributed by atoms with Crippen molar-refractivity contribution in [1.29, 1.82) is 0 Å².